The second-order valence-electron chi connectivity index (χ2n) is 6.32. The van der Waals surface area contributed by atoms with Crippen molar-refractivity contribution in [3.8, 4) is 11.1 Å². The van der Waals surface area contributed by atoms with E-state index < -0.39 is 6.04 Å². The van der Waals surface area contributed by atoms with Gasteiger partial charge in [-0.05, 0) is 34.4 Å². The number of aliphatic imine (C=N–C) groups is 1. The summed E-state index contributed by atoms with van der Waals surface area (Å²) < 4.78 is 5.51. The number of carbonyl (C=O) groups excluding carboxylic acids is 1. The molecule has 0 amide bonds. The Hall–Kier alpha value is -3.20. The second kappa shape index (κ2) is 5.42. The molecule has 3 aromatic rings. The molecule has 0 N–H and O–H groups in total. The largest absolute Gasteiger partial charge is 0.406 e. The normalized spacial score (nSPS) is 18.5. The first-order valence-electron chi connectivity index (χ1n) is 8.36. The molecule has 0 spiro atoms. The maximum atomic E-state index is 12.6. The van der Waals surface area contributed by atoms with E-state index in [1.807, 2.05) is 54.6 Å². The summed E-state index contributed by atoms with van der Waals surface area (Å²) in [6.45, 7) is 0. The zero-order chi connectivity index (χ0) is 16.8. The van der Waals surface area contributed by atoms with Gasteiger partial charge in [-0.3, -0.25) is 0 Å². The molecule has 1 heterocycles. The summed E-state index contributed by atoms with van der Waals surface area (Å²) in [6, 6.07) is 25.5. The van der Waals surface area contributed by atoms with Crippen LogP contribution >= 0.6 is 0 Å². The highest BCUT2D eigenvalue weighted by Crippen LogP contribution is 2.47. The molecule has 1 aliphatic heterocycles. The van der Waals surface area contributed by atoms with Crippen LogP contribution in [0, 0.1) is 0 Å². The zero-order valence-corrected chi connectivity index (χ0v) is 13.4. The fourth-order valence-electron chi connectivity index (χ4n) is 3.82. The van der Waals surface area contributed by atoms with Crippen molar-refractivity contribution in [2.45, 2.75) is 12.0 Å². The van der Waals surface area contributed by atoms with E-state index in [-0.39, 0.29) is 11.9 Å². The van der Waals surface area contributed by atoms with Crippen LogP contribution in [-0.4, -0.2) is 17.9 Å². The minimum absolute atomic E-state index is 0.0962. The number of fused-ring (bicyclic) bond motifs is 3. The third kappa shape index (κ3) is 2.13. The first kappa shape index (κ1) is 14.2. The molecule has 0 saturated heterocycles. The Morgan fingerprint density at radius 1 is 0.720 bits per heavy atom. The molecule has 0 bridgehead atoms. The average molecular weight is 325 g/mol. The summed E-state index contributed by atoms with van der Waals surface area (Å²) >= 11 is 0. The second-order valence-corrected chi connectivity index (χ2v) is 6.32. The van der Waals surface area contributed by atoms with Crippen LogP contribution in [0.3, 0.4) is 0 Å². The fourth-order valence-corrected chi connectivity index (χ4v) is 3.82. The van der Waals surface area contributed by atoms with E-state index in [1.54, 1.807) is 0 Å². The van der Waals surface area contributed by atoms with Gasteiger partial charge < -0.3 is 4.74 Å². The molecule has 1 atom stereocenters. The van der Waals surface area contributed by atoms with Gasteiger partial charge in [0.1, 0.15) is 0 Å². The van der Waals surface area contributed by atoms with E-state index >= 15 is 0 Å². The molecule has 25 heavy (non-hydrogen) atoms. The van der Waals surface area contributed by atoms with Crippen LogP contribution in [0.25, 0.3) is 11.1 Å². The van der Waals surface area contributed by atoms with Gasteiger partial charge >= 0.3 is 5.97 Å². The number of nitrogens with zero attached hydrogens (tertiary/aromatic N) is 1. The fraction of sp³-hybridized carbons (Fsp3) is 0.0909. The number of esters is 1. The lowest BCUT2D eigenvalue weighted by Crippen LogP contribution is -2.23. The minimum atomic E-state index is -0.542. The first-order chi connectivity index (χ1) is 12.3. The summed E-state index contributed by atoms with van der Waals surface area (Å²) in [5.74, 6) is 0.0360. The molecular formula is C22H15NO2. The molecule has 0 saturated carbocycles. The lowest BCUT2D eigenvalue weighted by atomic mass is 9.90. The predicted octanol–water partition coefficient (Wildman–Crippen LogP) is 4.17. The molecule has 3 aromatic carbocycles. The van der Waals surface area contributed by atoms with Gasteiger partial charge in [0.05, 0.1) is 0 Å². The van der Waals surface area contributed by atoms with E-state index in [0.717, 1.165) is 16.7 Å². The summed E-state index contributed by atoms with van der Waals surface area (Å²) in [7, 11) is 0. The van der Waals surface area contributed by atoms with Crippen molar-refractivity contribution in [1.29, 1.82) is 0 Å². The maximum absolute atomic E-state index is 12.6. The molecular weight excluding hydrogens is 310 g/mol. The number of hydrogen-bond donors (Lipinski definition) is 0. The molecule has 0 aromatic heterocycles. The van der Waals surface area contributed by atoms with Gasteiger partial charge in [0.15, 0.2) is 6.04 Å². The Labute approximate surface area is 145 Å². The Balaban J connectivity index is 1.64. The first-order valence-corrected chi connectivity index (χ1v) is 8.36. The summed E-state index contributed by atoms with van der Waals surface area (Å²) in [6.07, 6.45) is 0. The van der Waals surface area contributed by atoms with Crippen molar-refractivity contribution in [1.82, 2.24) is 0 Å². The standard InChI is InChI=1S/C22H15NO2/c24-22-20(23-21(25-22)14-8-2-1-3-9-14)19-17-12-6-4-10-15(17)16-11-5-7-13-18(16)19/h1-13,19-20H. The third-order valence-corrected chi connectivity index (χ3v) is 4.91. The topological polar surface area (TPSA) is 38.7 Å². The van der Waals surface area contributed by atoms with E-state index in [2.05, 4.69) is 29.3 Å². The highest BCUT2D eigenvalue weighted by molar-refractivity contribution is 6.07. The smallest absolute Gasteiger partial charge is 0.338 e. The van der Waals surface area contributed by atoms with Crippen molar-refractivity contribution < 1.29 is 9.53 Å². The summed E-state index contributed by atoms with van der Waals surface area (Å²) in [5, 5.41) is 0. The monoisotopic (exact) mass is 325 g/mol. The summed E-state index contributed by atoms with van der Waals surface area (Å²) in [4.78, 5) is 17.3. The van der Waals surface area contributed by atoms with Gasteiger partial charge in [-0.25, -0.2) is 9.79 Å². The number of ether oxygens (including phenoxy) is 1. The van der Waals surface area contributed by atoms with Crippen molar-refractivity contribution in [2.24, 2.45) is 4.99 Å². The molecule has 1 unspecified atom stereocenters. The van der Waals surface area contributed by atoms with Gasteiger partial charge in [-0.2, -0.15) is 0 Å². The van der Waals surface area contributed by atoms with Crippen molar-refractivity contribution in [2.75, 3.05) is 0 Å². The van der Waals surface area contributed by atoms with E-state index in [4.69, 9.17) is 4.74 Å². The molecule has 3 nitrogen and oxygen atoms in total. The van der Waals surface area contributed by atoms with Gasteiger partial charge in [0, 0.05) is 11.5 Å². The van der Waals surface area contributed by atoms with Crippen molar-refractivity contribution in [3.05, 3.63) is 95.6 Å². The molecule has 0 fully saturated rings. The van der Waals surface area contributed by atoms with Crippen LogP contribution in [0.2, 0.25) is 0 Å². The SMILES string of the molecule is O=C1OC(c2ccccc2)=NC1C1c2ccccc2-c2ccccc21. The van der Waals surface area contributed by atoms with Crippen LogP contribution in [-0.2, 0) is 9.53 Å². The van der Waals surface area contributed by atoms with E-state index in [1.165, 1.54) is 11.1 Å². The van der Waals surface area contributed by atoms with Crippen LogP contribution < -0.4 is 0 Å². The van der Waals surface area contributed by atoms with Crippen molar-refractivity contribution >= 4 is 11.9 Å². The van der Waals surface area contributed by atoms with Crippen LogP contribution in [0.15, 0.2) is 83.9 Å². The van der Waals surface area contributed by atoms with Crippen LogP contribution in [0.1, 0.15) is 22.6 Å². The van der Waals surface area contributed by atoms with Crippen LogP contribution in [0.5, 0.6) is 0 Å². The average Bonchev–Trinajstić information content (AvgIpc) is 3.20. The van der Waals surface area contributed by atoms with Gasteiger partial charge in [0.25, 0.3) is 0 Å². The third-order valence-electron chi connectivity index (χ3n) is 4.91. The number of cyclic esters (lactones) is 1. The number of benzene rings is 3. The zero-order valence-electron chi connectivity index (χ0n) is 13.4. The molecule has 120 valence electrons. The Morgan fingerprint density at radius 3 is 1.92 bits per heavy atom. The predicted molar refractivity (Wildman–Crippen MR) is 96.6 cm³/mol. The number of carbonyl (C=O) groups is 1. The lowest BCUT2D eigenvalue weighted by Gasteiger charge is -2.15. The Kier molecular flexibility index (Phi) is 3.07. The van der Waals surface area contributed by atoms with Gasteiger partial charge in [0.2, 0.25) is 5.90 Å². The number of rotatable bonds is 2. The van der Waals surface area contributed by atoms with Gasteiger partial charge in [-0.1, -0.05) is 66.7 Å². The highest BCUT2D eigenvalue weighted by atomic mass is 16.6. The highest BCUT2D eigenvalue weighted by Gasteiger charge is 2.42. The molecule has 0 radical (unpaired) electrons. The minimum Gasteiger partial charge on any atom is -0.406 e. The summed E-state index contributed by atoms with van der Waals surface area (Å²) in [5.41, 5.74) is 5.48. The Morgan fingerprint density at radius 2 is 1.28 bits per heavy atom. The molecule has 2 aliphatic rings. The molecule has 5 rings (SSSR count). The quantitative estimate of drug-likeness (QED) is 0.663. The molecule has 3 heteroatoms. The lowest BCUT2D eigenvalue weighted by molar-refractivity contribution is -0.135. The van der Waals surface area contributed by atoms with E-state index in [0.29, 0.717) is 5.90 Å². The van der Waals surface area contributed by atoms with Crippen LogP contribution in [0.4, 0.5) is 0 Å². The Bertz CT molecular complexity index is 962. The van der Waals surface area contributed by atoms with Gasteiger partial charge in [-0.15, -0.1) is 0 Å². The van der Waals surface area contributed by atoms with Crippen molar-refractivity contribution in [3.63, 3.8) is 0 Å². The maximum Gasteiger partial charge on any atom is 0.338 e. The number of hydrogen-bond acceptors (Lipinski definition) is 3. The molecule has 1 aliphatic carbocycles. The van der Waals surface area contributed by atoms with E-state index in [9.17, 15) is 4.79 Å².